The van der Waals surface area contributed by atoms with Gasteiger partial charge in [0.25, 0.3) is 0 Å². The van der Waals surface area contributed by atoms with Crippen molar-refractivity contribution < 1.29 is 19.8 Å². The number of thiol groups is 1. The molecule has 0 spiro atoms. The summed E-state index contributed by atoms with van der Waals surface area (Å²) in [5.41, 5.74) is 8.87. The third kappa shape index (κ3) is 2.02. The van der Waals surface area contributed by atoms with E-state index < -0.39 is 0 Å². The van der Waals surface area contributed by atoms with E-state index in [9.17, 15) is 0 Å². The molecule has 31 heavy (non-hydrogen) atoms. The van der Waals surface area contributed by atoms with Gasteiger partial charge in [0.05, 0.1) is 28.9 Å². The van der Waals surface area contributed by atoms with Gasteiger partial charge in [-0.3, -0.25) is 0 Å². The van der Waals surface area contributed by atoms with E-state index in [-0.39, 0.29) is 37.5 Å². The Labute approximate surface area is 201 Å². The molecule has 7 rings (SSSR count). The second kappa shape index (κ2) is 6.21. The van der Waals surface area contributed by atoms with Gasteiger partial charge >= 0.3 is 19.8 Å². The number of hydrogen-bond donors (Lipinski definition) is 1. The number of likely N-dealkylation sites (N-methyl/N-ethyl adjacent to an activating group) is 1. The maximum absolute atomic E-state index is 5.30. The van der Waals surface area contributed by atoms with E-state index in [1.165, 1.54) is 44.9 Å². The molecule has 0 fully saturated rings. The predicted molar refractivity (Wildman–Crippen MR) is 128 cm³/mol. The molecule has 0 amide bonds. The molecule has 4 heterocycles. The molecule has 0 saturated carbocycles. The normalized spacial score (nSPS) is 26.8. The van der Waals surface area contributed by atoms with Crippen molar-refractivity contribution in [3.05, 3.63) is 77.5 Å². The van der Waals surface area contributed by atoms with Crippen molar-refractivity contribution in [2.24, 2.45) is 0 Å². The first kappa shape index (κ1) is 19.5. The number of rotatable bonds is 0. The summed E-state index contributed by atoms with van der Waals surface area (Å²) in [7, 11) is 4.42. The summed E-state index contributed by atoms with van der Waals surface area (Å²) in [6.07, 6.45) is 0.272. The van der Waals surface area contributed by atoms with Gasteiger partial charge < -0.3 is 32.2 Å². The maximum Gasteiger partial charge on any atom is 1.00 e. The van der Waals surface area contributed by atoms with Crippen LogP contribution in [-0.4, -0.2) is 26.4 Å². The molecule has 4 aliphatic heterocycles. The first-order valence-electron chi connectivity index (χ1n) is 10.5. The molecule has 4 aliphatic rings. The summed E-state index contributed by atoms with van der Waals surface area (Å²) in [4.78, 5) is 9.82. The third-order valence-electron chi connectivity index (χ3n) is 7.62. The minimum absolute atomic E-state index is 0. The number of fused-ring (bicyclic) bond motifs is 9. The summed E-state index contributed by atoms with van der Waals surface area (Å²) in [6.45, 7) is 2.39. The molecule has 0 bridgehead atoms. The second-order valence-corrected chi connectivity index (χ2v) is 9.43. The molecule has 0 aliphatic carbocycles. The largest absolute Gasteiger partial charge is 1.00 e. The van der Waals surface area contributed by atoms with Gasteiger partial charge in [0.15, 0.2) is 0 Å². The molecule has 0 aromatic heterocycles. The number of benzene rings is 3. The van der Waals surface area contributed by atoms with Gasteiger partial charge in [0.1, 0.15) is 0 Å². The van der Waals surface area contributed by atoms with Crippen LogP contribution in [0.1, 0.15) is 12.5 Å². The Morgan fingerprint density at radius 2 is 1.19 bits per heavy atom. The van der Waals surface area contributed by atoms with E-state index in [1.807, 2.05) is 0 Å². The van der Waals surface area contributed by atoms with Crippen LogP contribution in [0, 0.1) is 5.25 Å². The van der Waals surface area contributed by atoms with Crippen LogP contribution in [0.5, 0.6) is 0 Å². The van der Waals surface area contributed by atoms with E-state index in [2.05, 4.69) is 107 Å². The van der Waals surface area contributed by atoms with Crippen LogP contribution in [-0.2, 0) is 25.2 Å². The number of para-hydroxylation sites is 4. The van der Waals surface area contributed by atoms with Crippen molar-refractivity contribution in [1.29, 1.82) is 0 Å². The van der Waals surface area contributed by atoms with Gasteiger partial charge in [0.2, 0.25) is 0 Å². The second-order valence-electron chi connectivity index (χ2n) is 8.95. The van der Waals surface area contributed by atoms with Gasteiger partial charge in [-0.2, -0.15) is 0 Å². The fourth-order valence-corrected chi connectivity index (χ4v) is 6.92. The Balaban J connectivity index is 0.00000185. The monoisotopic (exact) mass is 603 g/mol. The molecule has 3 aromatic rings. The van der Waals surface area contributed by atoms with Crippen molar-refractivity contribution in [1.82, 2.24) is 0 Å². The van der Waals surface area contributed by atoms with Crippen molar-refractivity contribution in [2.45, 2.75) is 24.7 Å². The van der Waals surface area contributed by atoms with Crippen LogP contribution in [0.2, 0.25) is 0 Å². The van der Waals surface area contributed by atoms with E-state index in [0.717, 1.165) is 0 Å². The average Bonchev–Trinajstić information content (AvgIpc) is 3.35. The summed E-state index contributed by atoms with van der Waals surface area (Å²) in [5, 5.41) is 1.20. The zero-order chi connectivity index (χ0) is 20.4. The summed E-state index contributed by atoms with van der Waals surface area (Å²) in [5.74, 6) is 0. The quantitative estimate of drug-likeness (QED) is 0.279. The van der Waals surface area contributed by atoms with Crippen LogP contribution in [0.3, 0.4) is 0 Å². The Hall–Kier alpha value is -2.15. The fraction of sp³-hybridized carbons (Fsp3) is 0.240. The topological polar surface area (TPSA) is 13.0 Å². The Morgan fingerprint density at radius 3 is 1.84 bits per heavy atom. The standard InChI is InChI=1S/C25H23N4S.Os/c1-25-21-19(28-17-11-6-4-9-15(17)26(2)23(28)22(25)30)13-8-14-20(21)29-18-12-7-5-10-16(18)27(3)24(25)29;/h4-14,23-24,30H,1-3H3;/q-1;+1/t23-,24+,25?;/m1./s1. The Kier molecular flexibility index (Phi) is 3.91. The van der Waals surface area contributed by atoms with Crippen molar-refractivity contribution in [3.63, 3.8) is 0 Å². The van der Waals surface area contributed by atoms with Gasteiger partial charge in [-0.1, -0.05) is 42.7 Å². The van der Waals surface area contributed by atoms with Crippen LogP contribution < -0.4 is 19.6 Å². The van der Waals surface area contributed by atoms with Gasteiger partial charge in [-0.05, 0) is 48.1 Å². The zero-order valence-corrected chi connectivity index (χ0v) is 21.0. The molecule has 6 heteroatoms. The Bertz CT molecular complexity index is 1230. The minimum Gasteiger partial charge on any atom is -0.380 e. The van der Waals surface area contributed by atoms with E-state index >= 15 is 0 Å². The van der Waals surface area contributed by atoms with Gasteiger partial charge in [-0.15, -0.1) is 0 Å². The smallest absolute Gasteiger partial charge is 0.380 e. The molecule has 3 aromatic carbocycles. The van der Waals surface area contributed by atoms with Gasteiger partial charge in [-0.25, -0.2) is 5.25 Å². The molecule has 1 radical (unpaired) electrons. The van der Waals surface area contributed by atoms with Crippen molar-refractivity contribution in [2.75, 3.05) is 33.7 Å². The maximum atomic E-state index is 5.30. The zero-order valence-electron chi connectivity index (χ0n) is 17.6. The molecule has 3 atom stereocenters. The third-order valence-corrected chi connectivity index (χ3v) is 8.31. The first-order chi connectivity index (χ1) is 14.5. The predicted octanol–water partition coefficient (Wildman–Crippen LogP) is 5.26. The van der Waals surface area contributed by atoms with Crippen molar-refractivity contribution >= 4 is 46.8 Å². The van der Waals surface area contributed by atoms with Crippen LogP contribution in [0.4, 0.5) is 34.1 Å². The first-order valence-corrected chi connectivity index (χ1v) is 10.9. The molecule has 4 nitrogen and oxygen atoms in total. The molecule has 1 unspecified atom stereocenters. The SMILES string of the molecule is CN1c2ccccc2N2c3cccc4c3C(C)([C-](S)[C@H]12)[C@H]1N(C)c2ccccc2N41.[Os+]. The van der Waals surface area contributed by atoms with Crippen LogP contribution >= 0.6 is 12.6 Å². The summed E-state index contributed by atoms with van der Waals surface area (Å²) >= 11 is 5.30. The van der Waals surface area contributed by atoms with E-state index in [0.29, 0.717) is 0 Å². The molecule has 157 valence electrons. The van der Waals surface area contributed by atoms with Crippen molar-refractivity contribution in [3.8, 4) is 0 Å². The molecular formula is C25H23N4OsS. The summed E-state index contributed by atoms with van der Waals surface area (Å²) < 4.78 is 0. The molecule has 0 N–H and O–H groups in total. The summed E-state index contributed by atoms with van der Waals surface area (Å²) in [6, 6.07) is 24.2. The van der Waals surface area contributed by atoms with Gasteiger partial charge in [0, 0.05) is 25.5 Å². The van der Waals surface area contributed by atoms with Crippen LogP contribution in [0.15, 0.2) is 66.7 Å². The Morgan fingerprint density at radius 1 is 0.710 bits per heavy atom. The number of nitrogens with zero attached hydrogens (tertiary/aromatic N) is 4. The van der Waals surface area contributed by atoms with E-state index in [1.54, 1.807) is 0 Å². The number of hydrogen-bond acceptors (Lipinski definition) is 5. The van der Waals surface area contributed by atoms with Crippen LogP contribution in [0.25, 0.3) is 0 Å². The van der Waals surface area contributed by atoms with E-state index in [4.69, 9.17) is 12.6 Å². The minimum atomic E-state index is -0.208. The molecule has 0 saturated heterocycles. The number of anilines is 6. The average molecular weight is 602 g/mol. The molecular weight excluding hydrogens is 579 g/mol. The fourth-order valence-electron chi connectivity index (χ4n) is 6.40.